The second-order valence-corrected chi connectivity index (χ2v) is 5.63. The SMILES string of the molecule is CC#COc1ccc(C2(C(=O)N(C)C(C)C(=O)NO)CC2)cc1. The zero-order valence-electron chi connectivity index (χ0n) is 13.4. The van der Waals surface area contributed by atoms with Crippen molar-refractivity contribution in [2.24, 2.45) is 0 Å². The van der Waals surface area contributed by atoms with E-state index in [0.29, 0.717) is 5.75 Å². The number of amides is 2. The minimum atomic E-state index is -0.743. The summed E-state index contributed by atoms with van der Waals surface area (Å²) >= 11 is 0. The van der Waals surface area contributed by atoms with Gasteiger partial charge in [0.1, 0.15) is 17.9 Å². The highest BCUT2D eigenvalue weighted by Crippen LogP contribution is 2.49. The van der Waals surface area contributed by atoms with Gasteiger partial charge in [-0.2, -0.15) is 0 Å². The van der Waals surface area contributed by atoms with E-state index < -0.39 is 17.4 Å². The number of carbonyl (C=O) groups is 2. The maximum atomic E-state index is 12.8. The Bertz CT molecular complexity index is 653. The Balaban J connectivity index is 2.16. The molecule has 0 spiro atoms. The topological polar surface area (TPSA) is 78.9 Å². The van der Waals surface area contributed by atoms with E-state index in [1.807, 2.05) is 12.1 Å². The Morgan fingerprint density at radius 1 is 1.35 bits per heavy atom. The van der Waals surface area contributed by atoms with Gasteiger partial charge in [0.15, 0.2) is 0 Å². The first-order valence-electron chi connectivity index (χ1n) is 7.36. The summed E-state index contributed by atoms with van der Waals surface area (Å²) < 4.78 is 5.20. The molecule has 0 aromatic heterocycles. The first kappa shape index (κ1) is 16.8. The van der Waals surface area contributed by atoms with Crippen LogP contribution >= 0.6 is 0 Å². The predicted octanol–water partition coefficient (Wildman–Crippen LogP) is 1.43. The zero-order valence-corrected chi connectivity index (χ0v) is 13.4. The highest BCUT2D eigenvalue weighted by Gasteiger charge is 2.53. The standard InChI is InChI=1S/C17H20N2O4/c1-4-11-23-14-7-5-13(6-8-14)17(9-10-17)16(21)19(3)12(2)15(20)18-22/h5-8,12,22H,9-10H2,1-3H3,(H,18,20). The summed E-state index contributed by atoms with van der Waals surface area (Å²) in [5.74, 6) is 2.52. The molecule has 2 rings (SSSR count). The number of nitrogens with one attached hydrogen (secondary N) is 1. The second kappa shape index (κ2) is 6.71. The van der Waals surface area contributed by atoms with Crippen LogP contribution in [0.25, 0.3) is 0 Å². The molecular formula is C17H20N2O4. The minimum absolute atomic E-state index is 0.129. The van der Waals surface area contributed by atoms with Gasteiger partial charge in [0.25, 0.3) is 5.91 Å². The summed E-state index contributed by atoms with van der Waals surface area (Å²) in [5.41, 5.74) is 1.88. The predicted molar refractivity (Wildman–Crippen MR) is 83.6 cm³/mol. The summed E-state index contributed by atoms with van der Waals surface area (Å²) in [6, 6.07) is 6.51. The molecule has 1 atom stereocenters. The number of hydroxylamine groups is 1. The number of hydrogen-bond acceptors (Lipinski definition) is 4. The van der Waals surface area contributed by atoms with Gasteiger partial charge in [0.05, 0.1) is 5.41 Å². The fourth-order valence-electron chi connectivity index (χ4n) is 2.49. The number of nitrogens with zero attached hydrogens (tertiary/aromatic N) is 1. The molecule has 0 heterocycles. The molecule has 6 nitrogen and oxygen atoms in total. The summed E-state index contributed by atoms with van der Waals surface area (Å²) in [6.45, 7) is 3.26. The highest BCUT2D eigenvalue weighted by atomic mass is 16.5. The third-order valence-electron chi connectivity index (χ3n) is 4.23. The monoisotopic (exact) mass is 316 g/mol. The van der Waals surface area contributed by atoms with Crippen molar-refractivity contribution in [1.29, 1.82) is 0 Å². The Morgan fingerprint density at radius 3 is 2.43 bits per heavy atom. The lowest BCUT2D eigenvalue weighted by atomic mass is 9.94. The maximum absolute atomic E-state index is 12.8. The van der Waals surface area contributed by atoms with Crippen molar-refractivity contribution < 1.29 is 19.5 Å². The lowest BCUT2D eigenvalue weighted by Crippen LogP contribution is -2.48. The smallest absolute Gasteiger partial charge is 0.265 e. The van der Waals surface area contributed by atoms with Crippen LogP contribution in [0.2, 0.25) is 0 Å². The average molecular weight is 316 g/mol. The first-order chi connectivity index (χ1) is 11.0. The third-order valence-corrected chi connectivity index (χ3v) is 4.23. The third kappa shape index (κ3) is 3.30. The molecule has 1 aromatic carbocycles. The fraction of sp³-hybridized carbons (Fsp3) is 0.412. The first-order valence-corrected chi connectivity index (χ1v) is 7.36. The van der Waals surface area contributed by atoms with Gasteiger partial charge in [0.2, 0.25) is 5.91 Å². The molecule has 23 heavy (non-hydrogen) atoms. The molecule has 0 radical (unpaired) electrons. The quantitative estimate of drug-likeness (QED) is 0.489. The van der Waals surface area contributed by atoms with Gasteiger partial charge >= 0.3 is 0 Å². The minimum Gasteiger partial charge on any atom is -0.408 e. The van der Waals surface area contributed by atoms with E-state index in [0.717, 1.165) is 18.4 Å². The highest BCUT2D eigenvalue weighted by molar-refractivity contribution is 5.94. The van der Waals surface area contributed by atoms with Crippen LogP contribution in [0.5, 0.6) is 5.75 Å². The van der Waals surface area contributed by atoms with Crippen LogP contribution in [0.4, 0.5) is 0 Å². The number of carbonyl (C=O) groups excluding carboxylic acids is 2. The Kier molecular flexibility index (Phi) is 4.92. The number of ether oxygens (including phenoxy) is 1. The van der Waals surface area contributed by atoms with Gasteiger partial charge in [-0.1, -0.05) is 18.1 Å². The van der Waals surface area contributed by atoms with Gasteiger partial charge in [0, 0.05) is 14.0 Å². The maximum Gasteiger partial charge on any atom is 0.265 e. The lowest BCUT2D eigenvalue weighted by molar-refractivity contribution is -0.143. The van der Waals surface area contributed by atoms with Gasteiger partial charge in [-0.05, 0) is 37.5 Å². The van der Waals surface area contributed by atoms with Crippen LogP contribution in [0.3, 0.4) is 0 Å². The van der Waals surface area contributed by atoms with Crippen LogP contribution < -0.4 is 10.2 Å². The Morgan fingerprint density at radius 2 is 1.96 bits per heavy atom. The fourth-order valence-corrected chi connectivity index (χ4v) is 2.49. The van der Waals surface area contributed by atoms with E-state index >= 15 is 0 Å². The van der Waals surface area contributed by atoms with Crippen molar-refractivity contribution in [1.82, 2.24) is 10.4 Å². The summed E-state index contributed by atoms with van der Waals surface area (Å²) in [5, 5.41) is 8.71. The summed E-state index contributed by atoms with van der Waals surface area (Å²) in [4.78, 5) is 25.6. The van der Waals surface area contributed by atoms with E-state index in [-0.39, 0.29) is 5.91 Å². The lowest BCUT2D eigenvalue weighted by Gasteiger charge is -2.28. The van der Waals surface area contributed by atoms with E-state index in [1.165, 1.54) is 4.90 Å². The van der Waals surface area contributed by atoms with Gasteiger partial charge in [-0.25, -0.2) is 5.48 Å². The number of hydrogen-bond donors (Lipinski definition) is 2. The van der Waals surface area contributed by atoms with E-state index in [4.69, 9.17) is 9.94 Å². The molecule has 2 amide bonds. The van der Waals surface area contributed by atoms with Gasteiger partial charge in [-0.3, -0.25) is 14.8 Å². The molecule has 1 aromatic rings. The molecular weight excluding hydrogens is 296 g/mol. The van der Waals surface area contributed by atoms with Crippen LogP contribution in [0, 0.1) is 12.0 Å². The van der Waals surface area contributed by atoms with E-state index in [2.05, 4.69) is 12.0 Å². The van der Waals surface area contributed by atoms with E-state index in [9.17, 15) is 9.59 Å². The molecule has 1 aliphatic carbocycles. The number of benzene rings is 1. The molecule has 2 N–H and O–H groups in total. The number of rotatable bonds is 5. The normalized spacial score (nSPS) is 15.7. The largest absolute Gasteiger partial charge is 0.408 e. The molecule has 1 aliphatic rings. The van der Waals surface area contributed by atoms with Crippen LogP contribution in [0.1, 0.15) is 32.3 Å². The van der Waals surface area contributed by atoms with Crippen LogP contribution in [-0.4, -0.2) is 35.0 Å². The zero-order chi connectivity index (χ0) is 17.0. The van der Waals surface area contributed by atoms with Crippen molar-refractivity contribution in [3.05, 3.63) is 29.8 Å². The molecule has 6 heteroatoms. The summed E-state index contributed by atoms with van der Waals surface area (Å²) in [7, 11) is 1.57. The van der Waals surface area contributed by atoms with E-state index in [1.54, 1.807) is 38.5 Å². The average Bonchev–Trinajstić information content (AvgIpc) is 3.39. The summed E-state index contributed by atoms with van der Waals surface area (Å²) in [6.07, 6.45) is 3.99. The van der Waals surface area contributed by atoms with Crippen molar-refractivity contribution in [2.45, 2.75) is 38.1 Å². The molecule has 1 saturated carbocycles. The van der Waals surface area contributed by atoms with Crippen molar-refractivity contribution in [2.75, 3.05) is 7.05 Å². The van der Waals surface area contributed by atoms with Crippen LogP contribution in [-0.2, 0) is 15.0 Å². The van der Waals surface area contributed by atoms with Crippen molar-refractivity contribution in [3.8, 4) is 17.8 Å². The molecule has 122 valence electrons. The van der Waals surface area contributed by atoms with Gasteiger partial charge < -0.3 is 9.64 Å². The van der Waals surface area contributed by atoms with Crippen LogP contribution in [0.15, 0.2) is 24.3 Å². The Hall–Kier alpha value is -2.52. The van der Waals surface area contributed by atoms with Crippen molar-refractivity contribution in [3.63, 3.8) is 0 Å². The molecule has 1 unspecified atom stereocenters. The van der Waals surface area contributed by atoms with Gasteiger partial charge in [-0.15, -0.1) is 0 Å². The van der Waals surface area contributed by atoms with Crippen molar-refractivity contribution >= 4 is 11.8 Å². The second-order valence-electron chi connectivity index (χ2n) is 5.63. The Labute approximate surface area is 135 Å². The molecule has 0 aliphatic heterocycles. The molecule has 0 bridgehead atoms. The molecule has 0 saturated heterocycles. The molecule has 1 fully saturated rings. The number of likely N-dealkylation sites (N-methyl/N-ethyl adjacent to an activating group) is 1.